The molecule has 0 spiro atoms. The third-order valence-electron chi connectivity index (χ3n) is 2.57. The maximum atomic E-state index is 11.3. The van der Waals surface area contributed by atoms with Crippen LogP contribution >= 0.6 is 0 Å². The molecule has 0 aromatic carbocycles. The van der Waals surface area contributed by atoms with E-state index in [1.165, 1.54) is 0 Å². The first kappa shape index (κ1) is 16.4. The highest BCUT2D eigenvalue weighted by Gasteiger charge is 2.08. The zero-order valence-corrected chi connectivity index (χ0v) is 12.8. The number of aromatic nitrogens is 1. The quantitative estimate of drug-likeness (QED) is 0.800. The molecule has 0 bridgehead atoms. The second-order valence-corrected chi connectivity index (χ2v) is 5.64. The van der Waals surface area contributed by atoms with Crippen molar-refractivity contribution in [1.29, 1.82) is 0 Å². The van der Waals surface area contributed by atoms with Crippen molar-refractivity contribution in [3.05, 3.63) is 24.0 Å². The van der Waals surface area contributed by atoms with Crippen molar-refractivity contribution in [1.82, 2.24) is 15.6 Å². The first-order valence-corrected chi connectivity index (χ1v) is 7.00. The number of ether oxygens (including phenoxy) is 1. The molecule has 0 unspecified atom stereocenters. The van der Waals surface area contributed by atoms with Gasteiger partial charge in [-0.15, -0.1) is 0 Å². The number of hydrogen-bond donors (Lipinski definition) is 2. The van der Waals surface area contributed by atoms with Gasteiger partial charge in [-0.05, 0) is 39.8 Å². The predicted octanol–water partition coefficient (Wildman–Crippen LogP) is 1.87. The highest BCUT2D eigenvalue weighted by atomic mass is 16.5. The van der Waals surface area contributed by atoms with Crippen LogP contribution in [0.5, 0.6) is 5.75 Å². The maximum absolute atomic E-state index is 11.3. The molecule has 2 N–H and O–H groups in total. The van der Waals surface area contributed by atoms with Gasteiger partial charge < -0.3 is 15.4 Å². The van der Waals surface area contributed by atoms with Crippen LogP contribution in [0.25, 0.3) is 0 Å². The van der Waals surface area contributed by atoms with Crippen LogP contribution in [0.4, 0.5) is 0 Å². The Balaban J connectivity index is 2.33. The molecule has 0 saturated heterocycles. The summed E-state index contributed by atoms with van der Waals surface area (Å²) in [5.74, 6) is 0.695. The van der Waals surface area contributed by atoms with E-state index in [1.807, 2.05) is 19.1 Å². The van der Waals surface area contributed by atoms with Crippen LogP contribution in [-0.2, 0) is 11.3 Å². The second-order valence-electron chi connectivity index (χ2n) is 5.64. The molecular formula is C15H25N3O2. The number of nitrogens with one attached hydrogen (secondary N) is 2. The normalized spacial score (nSPS) is 11.2. The van der Waals surface area contributed by atoms with Crippen molar-refractivity contribution in [2.24, 2.45) is 0 Å². The van der Waals surface area contributed by atoms with Crippen molar-refractivity contribution >= 4 is 5.91 Å². The van der Waals surface area contributed by atoms with Crippen LogP contribution < -0.4 is 15.4 Å². The van der Waals surface area contributed by atoms with Crippen molar-refractivity contribution in [3.63, 3.8) is 0 Å². The van der Waals surface area contributed by atoms with Gasteiger partial charge in [0.1, 0.15) is 5.75 Å². The van der Waals surface area contributed by atoms with E-state index in [1.54, 1.807) is 6.20 Å². The molecule has 5 heteroatoms. The molecule has 1 heterocycles. The topological polar surface area (TPSA) is 63.2 Å². The molecule has 0 saturated carbocycles. The van der Waals surface area contributed by atoms with Crippen molar-refractivity contribution < 1.29 is 9.53 Å². The van der Waals surface area contributed by atoms with E-state index >= 15 is 0 Å². The molecule has 0 fully saturated rings. The van der Waals surface area contributed by atoms with Gasteiger partial charge >= 0.3 is 0 Å². The van der Waals surface area contributed by atoms with Crippen LogP contribution in [0.2, 0.25) is 0 Å². The highest BCUT2D eigenvalue weighted by molar-refractivity contribution is 5.75. The summed E-state index contributed by atoms with van der Waals surface area (Å²) < 4.78 is 5.48. The van der Waals surface area contributed by atoms with Crippen LogP contribution in [0.15, 0.2) is 18.3 Å². The number of carbonyl (C=O) groups is 1. The summed E-state index contributed by atoms with van der Waals surface area (Å²) in [6.45, 7) is 9.99. The predicted molar refractivity (Wildman–Crippen MR) is 79.6 cm³/mol. The molecule has 1 aromatic rings. The first-order valence-electron chi connectivity index (χ1n) is 7.00. The maximum Gasteiger partial charge on any atom is 0.223 e. The monoisotopic (exact) mass is 279 g/mol. The highest BCUT2D eigenvalue weighted by Crippen LogP contribution is 2.10. The van der Waals surface area contributed by atoms with Crippen molar-refractivity contribution in [2.75, 3.05) is 13.2 Å². The Labute approximate surface area is 121 Å². The molecule has 112 valence electrons. The summed E-state index contributed by atoms with van der Waals surface area (Å²) in [6, 6.07) is 3.81. The zero-order chi connectivity index (χ0) is 15.0. The molecular weight excluding hydrogens is 254 g/mol. The molecule has 0 radical (unpaired) electrons. The zero-order valence-electron chi connectivity index (χ0n) is 12.8. The average molecular weight is 279 g/mol. The number of pyridine rings is 1. The summed E-state index contributed by atoms with van der Waals surface area (Å²) in [5.41, 5.74) is 1.04. The first-order chi connectivity index (χ1) is 9.40. The fourth-order valence-corrected chi connectivity index (χ4v) is 1.50. The molecule has 1 amide bonds. The molecule has 0 atom stereocenters. The van der Waals surface area contributed by atoms with Gasteiger partial charge in [0.2, 0.25) is 5.91 Å². The van der Waals surface area contributed by atoms with E-state index in [0.29, 0.717) is 25.3 Å². The molecule has 0 aliphatic rings. The Morgan fingerprint density at radius 1 is 1.35 bits per heavy atom. The van der Waals surface area contributed by atoms with Gasteiger partial charge in [0.25, 0.3) is 0 Å². The number of rotatable bonds is 7. The Hall–Kier alpha value is -1.62. The van der Waals surface area contributed by atoms with Gasteiger partial charge in [0.15, 0.2) is 0 Å². The van der Waals surface area contributed by atoms with E-state index in [2.05, 4.69) is 36.4 Å². The lowest BCUT2D eigenvalue weighted by molar-refractivity contribution is -0.121. The Kier molecular flexibility index (Phi) is 6.45. The van der Waals surface area contributed by atoms with Crippen LogP contribution in [0.1, 0.15) is 39.8 Å². The number of amides is 1. The Bertz CT molecular complexity index is 410. The lowest BCUT2D eigenvalue weighted by atomic mass is 10.1. The minimum absolute atomic E-state index is 0.00598. The van der Waals surface area contributed by atoms with Gasteiger partial charge in [-0.2, -0.15) is 0 Å². The molecule has 5 nitrogen and oxygen atoms in total. The van der Waals surface area contributed by atoms with Crippen molar-refractivity contribution in [3.8, 4) is 5.75 Å². The summed E-state index contributed by atoms with van der Waals surface area (Å²) >= 11 is 0. The van der Waals surface area contributed by atoms with Crippen LogP contribution in [-0.4, -0.2) is 29.6 Å². The fourth-order valence-electron chi connectivity index (χ4n) is 1.50. The molecule has 1 aromatic heterocycles. The standard InChI is InChI=1S/C15H25N3O2/c1-5-16-14(19)8-9-20-13-7-6-12(17-11-13)10-18-15(2,3)4/h6-7,11,18H,5,8-10H2,1-4H3,(H,16,19). The number of hydrogen-bond acceptors (Lipinski definition) is 4. The van der Waals surface area contributed by atoms with Crippen LogP contribution in [0, 0.1) is 0 Å². The van der Waals surface area contributed by atoms with Gasteiger partial charge in [-0.25, -0.2) is 0 Å². The molecule has 1 rings (SSSR count). The SMILES string of the molecule is CCNC(=O)CCOc1ccc(CNC(C)(C)C)nc1. The minimum Gasteiger partial charge on any atom is -0.491 e. The Morgan fingerprint density at radius 2 is 2.10 bits per heavy atom. The third kappa shape index (κ3) is 7.09. The summed E-state index contributed by atoms with van der Waals surface area (Å²) in [7, 11) is 0. The van der Waals surface area contributed by atoms with Crippen LogP contribution in [0.3, 0.4) is 0 Å². The second kappa shape index (κ2) is 7.85. The molecule has 0 aliphatic carbocycles. The van der Waals surface area contributed by atoms with Gasteiger partial charge in [0.05, 0.1) is 24.9 Å². The lowest BCUT2D eigenvalue weighted by Gasteiger charge is -2.20. The smallest absolute Gasteiger partial charge is 0.223 e. The third-order valence-corrected chi connectivity index (χ3v) is 2.57. The van der Waals surface area contributed by atoms with Crippen molar-refractivity contribution in [2.45, 2.75) is 46.2 Å². The van der Waals surface area contributed by atoms with E-state index < -0.39 is 0 Å². The van der Waals surface area contributed by atoms with Gasteiger partial charge in [0, 0.05) is 18.6 Å². The van der Waals surface area contributed by atoms with E-state index in [9.17, 15) is 4.79 Å². The lowest BCUT2D eigenvalue weighted by Crippen LogP contribution is -2.35. The summed E-state index contributed by atoms with van der Waals surface area (Å²) in [4.78, 5) is 15.6. The van der Waals surface area contributed by atoms with E-state index in [0.717, 1.165) is 12.2 Å². The number of carbonyl (C=O) groups excluding carboxylic acids is 1. The molecule has 0 aliphatic heterocycles. The summed E-state index contributed by atoms with van der Waals surface area (Å²) in [5, 5.41) is 6.10. The van der Waals surface area contributed by atoms with E-state index in [4.69, 9.17) is 4.74 Å². The van der Waals surface area contributed by atoms with Gasteiger partial charge in [-0.1, -0.05) is 0 Å². The van der Waals surface area contributed by atoms with E-state index in [-0.39, 0.29) is 11.4 Å². The largest absolute Gasteiger partial charge is 0.491 e. The fraction of sp³-hybridized carbons (Fsp3) is 0.600. The number of nitrogens with zero attached hydrogens (tertiary/aromatic N) is 1. The minimum atomic E-state index is 0.00598. The molecule has 20 heavy (non-hydrogen) atoms. The Morgan fingerprint density at radius 3 is 2.65 bits per heavy atom. The van der Waals surface area contributed by atoms with Gasteiger partial charge in [-0.3, -0.25) is 9.78 Å². The summed E-state index contributed by atoms with van der Waals surface area (Å²) in [6.07, 6.45) is 2.05. The average Bonchev–Trinajstić information content (AvgIpc) is 2.37.